The number of thiophene rings is 1. The molecule has 25 heavy (non-hydrogen) atoms. The molecular formula is C16H16F3N3O2S. The molecule has 1 aliphatic heterocycles. The van der Waals surface area contributed by atoms with Crippen molar-refractivity contribution in [1.82, 2.24) is 14.5 Å². The summed E-state index contributed by atoms with van der Waals surface area (Å²) in [4.78, 5) is 30.9. The van der Waals surface area contributed by atoms with E-state index in [-0.39, 0.29) is 17.0 Å². The molecule has 0 aromatic carbocycles. The molecule has 1 aliphatic rings. The third-order valence-electron chi connectivity index (χ3n) is 4.11. The number of aromatic nitrogens is 2. The Morgan fingerprint density at radius 1 is 1.48 bits per heavy atom. The van der Waals surface area contributed by atoms with E-state index < -0.39 is 18.6 Å². The largest absolute Gasteiger partial charge is 0.406 e. The molecule has 3 rings (SSSR count). The summed E-state index contributed by atoms with van der Waals surface area (Å²) in [5.41, 5.74) is 0.164. The predicted octanol–water partition coefficient (Wildman–Crippen LogP) is 2.90. The highest BCUT2D eigenvalue weighted by Gasteiger charge is 2.34. The summed E-state index contributed by atoms with van der Waals surface area (Å²) in [6.07, 6.45) is -1.75. The van der Waals surface area contributed by atoms with Crippen LogP contribution in [-0.4, -0.2) is 39.6 Å². The van der Waals surface area contributed by atoms with Crippen LogP contribution in [-0.2, 0) is 13.0 Å². The van der Waals surface area contributed by atoms with Gasteiger partial charge in [0.25, 0.3) is 11.5 Å². The highest BCUT2D eigenvalue weighted by atomic mass is 32.1. The van der Waals surface area contributed by atoms with Gasteiger partial charge in [0.1, 0.15) is 17.2 Å². The van der Waals surface area contributed by atoms with E-state index in [1.807, 2.05) is 0 Å². The van der Waals surface area contributed by atoms with Crippen LogP contribution in [0, 0.1) is 6.92 Å². The van der Waals surface area contributed by atoms with Crippen LogP contribution in [0.3, 0.4) is 0 Å². The molecule has 3 heterocycles. The van der Waals surface area contributed by atoms with E-state index in [1.54, 1.807) is 11.5 Å². The number of carbonyl (C=O) groups excluding carboxylic acids is 1. The molecule has 9 heteroatoms. The quantitative estimate of drug-likeness (QED) is 0.777. The van der Waals surface area contributed by atoms with Crippen molar-refractivity contribution in [3.05, 3.63) is 39.3 Å². The second-order valence-corrected chi connectivity index (χ2v) is 6.91. The van der Waals surface area contributed by atoms with Crippen LogP contribution in [0.2, 0.25) is 0 Å². The Morgan fingerprint density at radius 3 is 2.84 bits per heavy atom. The van der Waals surface area contributed by atoms with Gasteiger partial charge in [0.15, 0.2) is 0 Å². The van der Waals surface area contributed by atoms with Crippen molar-refractivity contribution in [2.45, 2.75) is 32.5 Å². The third kappa shape index (κ3) is 3.20. The van der Waals surface area contributed by atoms with E-state index in [9.17, 15) is 22.8 Å². The Morgan fingerprint density at radius 2 is 2.20 bits per heavy atom. The van der Waals surface area contributed by atoms with Gasteiger partial charge in [0.05, 0.1) is 10.3 Å². The molecule has 0 radical (unpaired) electrons. The van der Waals surface area contributed by atoms with E-state index in [0.29, 0.717) is 39.5 Å². The lowest BCUT2D eigenvalue weighted by atomic mass is 10.2. The number of amides is 1. The molecule has 0 saturated carbocycles. The van der Waals surface area contributed by atoms with Crippen molar-refractivity contribution >= 4 is 27.5 Å². The molecule has 0 fully saturated rings. The summed E-state index contributed by atoms with van der Waals surface area (Å²) in [7, 11) is 0. The number of hydrogen-bond acceptors (Lipinski definition) is 4. The number of rotatable bonds is 4. The lowest BCUT2D eigenvalue weighted by molar-refractivity contribution is -0.139. The number of fused-ring (bicyclic) bond motifs is 2. The van der Waals surface area contributed by atoms with Gasteiger partial charge in [-0.25, -0.2) is 4.98 Å². The van der Waals surface area contributed by atoms with Crippen LogP contribution in [0.15, 0.2) is 17.4 Å². The molecule has 0 saturated heterocycles. The van der Waals surface area contributed by atoms with Crippen molar-refractivity contribution in [2.75, 3.05) is 13.1 Å². The second kappa shape index (κ2) is 6.29. The Kier molecular flexibility index (Phi) is 4.44. The molecular weight excluding hydrogens is 355 g/mol. The second-order valence-electron chi connectivity index (χ2n) is 5.91. The van der Waals surface area contributed by atoms with Crippen LogP contribution < -0.4 is 5.56 Å². The molecule has 0 aliphatic carbocycles. The van der Waals surface area contributed by atoms with Gasteiger partial charge in [0.2, 0.25) is 0 Å². The van der Waals surface area contributed by atoms with Crippen LogP contribution in [0.5, 0.6) is 0 Å². The maximum absolute atomic E-state index is 12.7. The Hall–Kier alpha value is -2.16. The maximum atomic E-state index is 12.7. The average Bonchev–Trinajstić information content (AvgIpc) is 3.10. The minimum Gasteiger partial charge on any atom is -0.325 e. The van der Waals surface area contributed by atoms with Gasteiger partial charge >= 0.3 is 6.18 Å². The fourth-order valence-electron chi connectivity index (χ4n) is 3.01. The van der Waals surface area contributed by atoms with Crippen LogP contribution >= 0.6 is 11.3 Å². The lowest BCUT2D eigenvalue weighted by Gasteiger charge is -2.22. The summed E-state index contributed by atoms with van der Waals surface area (Å²) in [6.45, 7) is 3.97. The first kappa shape index (κ1) is 17.7. The molecule has 0 unspecified atom stereocenters. The van der Waals surface area contributed by atoms with E-state index in [4.69, 9.17) is 0 Å². The van der Waals surface area contributed by atoms with Crippen molar-refractivity contribution < 1.29 is 18.0 Å². The minimum absolute atomic E-state index is 0.120. The van der Waals surface area contributed by atoms with Crippen LogP contribution in [0.25, 0.3) is 10.2 Å². The number of nitrogens with zero attached hydrogens (tertiary/aromatic N) is 3. The van der Waals surface area contributed by atoms with E-state index in [0.717, 1.165) is 17.8 Å². The van der Waals surface area contributed by atoms with Crippen LogP contribution in [0.4, 0.5) is 13.2 Å². The van der Waals surface area contributed by atoms with Crippen molar-refractivity contribution in [1.29, 1.82) is 0 Å². The molecule has 2 aromatic heterocycles. The van der Waals surface area contributed by atoms with E-state index in [2.05, 4.69) is 11.6 Å². The van der Waals surface area contributed by atoms with Gasteiger partial charge in [-0.15, -0.1) is 17.9 Å². The van der Waals surface area contributed by atoms with Crippen molar-refractivity contribution in [3.63, 3.8) is 0 Å². The Labute approximate surface area is 145 Å². The van der Waals surface area contributed by atoms with Crippen molar-refractivity contribution in [3.8, 4) is 0 Å². The number of alkyl halides is 3. The topological polar surface area (TPSA) is 55.2 Å². The lowest BCUT2D eigenvalue weighted by Crippen LogP contribution is -2.39. The van der Waals surface area contributed by atoms with E-state index in [1.165, 1.54) is 6.08 Å². The summed E-state index contributed by atoms with van der Waals surface area (Å²) in [6, 6.07) is 0. The van der Waals surface area contributed by atoms with Gasteiger partial charge in [-0.1, -0.05) is 6.08 Å². The smallest absolute Gasteiger partial charge is 0.325 e. The Bertz CT molecular complexity index is 914. The van der Waals surface area contributed by atoms with Crippen LogP contribution in [0.1, 0.15) is 27.5 Å². The fourth-order valence-corrected chi connectivity index (χ4v) is 4.17. The molecule has 0 N–H and O–H groups in total. The zero-order valence-electron chi connectivity index (χ0n) is 13.5. The molecule has 5 nitrogen and oxygen atoms in total. The van der Waals surface area contributed by atoms with Crippen molar-refractivity contribution in [2.24, 2.45) is 0 Å². The average molecular weight is 371 g/mol. The number of aryl methyl sites for hydroxylation is 2. The predicted molar refractivity (Wildman–Crippen MR) is 89.1 cm³/mol. The van der Waals surface area contributed by atoms with Gasteiger partial charge in [-0.3, -0.25) is 14.2 Å². The molecule has 1 amide bonds. The van der Waals surface area contributed by atoms with Gasteiger partial charge in [-0.05, 0) is 18.9 Å². The zero-order chi connectivity index (χ0) is 18.4. The first-order valence-electron chi connectivity index (χ1n) is 7.72. The summed E-state index contributed by atoms with van der Waals surface area (Å²) >= 11 is 0.975. The SMILES string of the molecule is C=CCN(CC(F)(F)F)C(=O)c1sc2nc3n(c(=O)c2c1C)CCC3. The highest BCUT2D eigenvalue weighted by Crippen LogP contribution is 2.30. The standard InChI is InChI=1S/C16H16F3N3O2S/c1-3-6-21(8-16(17,18)19)15(24)12-9(2)11-13(25-12)20-10-5-4-7-22(10)14(11)23/h3H,1,4-8H2,2H3. The number of halogens is 3. The zero-order valence-corrected chi connectivity index (χ0v) is 14.3. The first-order chi connectivity index (χ1) is 11.7. The Balaban J connectivity index is 2.07. The third-order valence-corrected chi connectivity index (χ3v) is 5.29. The molecule has 134 valence electrons. The normalized spacial score (nSPS) is 13.9. The van der Waals surface area contributed by atoms with E-state index >= 15 is 0 Å². The summed E-state index contributed by atoms with van der Waals surface area (Å²) in [5.74, 6) is -0.0988. The first-order valence-corrected chi connectivity index (χ1v) is 8.54. The number of hydrogen-bond donors (Lipinski definition) is 0. The fraction of sp³-hybridized carbons (Fsp3) is 0.438. The molecule has 0 bridgehead atoms. The maximum Gasteiger partial charge on any atom is 0.406 e. The minimum atomic E-state index is -4.51. The summed E-state index contributed by atoms with van der Waals surface area (Å²) < 4.78 is 39.8. The highest BCUT2D eigenvalue weighted by molar-refractivity contribution is 7.20. The van der Waals surface area contributed by atoms with Gasteiger partial charge in [-0.2, -0.15) is 13.2 Å². The van der Waals surface area contributed by atoms with Gasteiger partial charge < -0.3 is 4.90 Å². The number of carbonyl (C=O) groups is 1. The van der Waals surface area contributed by atoms with Gasteiger partial charge in [0, 0.05) is 19.5 Å². The monoisotopic (exact) mass is 371 g/mol. The molecule has 2 aromatic rings. The molecule has 0 atom stereocenters. The summed E-state index contributed by atoms with van der Waals surface area (Å²) in [5, 5.41) is 0.324. The molecule has 0 spiro atoms.